The van der Waals surface area contributed by atoms with E-state index in [1.807, 2.05) is 0 Å². The van der Waals surface area contributed by atoms with Gasteiger partial charge in [-0.2, -0.15) is 26.3 Å². The van der Waals surface area contributed by atoms with Gasteiger partial charge in [0.25, 0.3) is 0 Å². The highest BCUT2D eigenvalue weighted by Crippen LogP contribution is 2.57. The molecule has 0 unspecified atom stereocenters. The van der Waals surface area contributed by atoms with E-state index in [9.17, 15) is 0 Å². The average molecular weight is 579 g/mol. The maximum absolute atomic E-state index is 15.4. The van der Waals surface area contributed by atoms with Gasteiger partial charge >= 0.3 is 12.4 Å². The molecule has 214 valence electrons. The molecular weight excluding hydrogens is 554 g/mol. The Morgan fingerprint density at radius 3 is 0.881 bits per heavy atom. The molecule has 5 aromatic carbocycles. The van der Waals surface area contributed by atoms with Gasteiger partial charge in [0, 0.05) is 22.3 Å². The fraction of sp³-hybridized carbons (Fsp3) is 0.118. The first-order valence-corrected chi connectivity index (χ1v) is 12.8. The molecule has 0 atom stereocenters. The number of ether oxygens (including phenoxy) is 2. The van der Waals surface area contributed by atoms with Crippen LogP contribution < -0.4 is 9.47 Å². The molecule has 5 aromatic rings. The van der Waals surface area contributed by atoms with E-state index in [-0.39, 0.29) is 22.3 Å². The second-order valence-corrected chi connectivity index (χ2v) is 9.43. The Bertz CT molecular complexity index is 1550. The molecule has 0 bridgehead atoms. The zero-order valence-electron chi connectivity index (χ0n) is 22.5. The molecule has 5 rings (SSSR count). The Labute approximate surface area is 238 Å². The van der Waals surface area contributed by atoms with Crippen LogP contribution in [0.4, 0.5) is 26.3 Å². The highest BCUT2D eigenvalue weighted by molar-refractivity contribution is 6.02. The molecule has 0 radical (unpaired) electrons. The molecule has 0 amide bonds. The van der Waals surface area contributed by atoms with Crippen molar-refractivity contribution in [3.8, 4) is 56.0 Å². The van der Waals surface area contributed by atoms with Crippen molar-refractivity contribution in [2.45, 2.75) is 12.4 Å². The molecule has 0 aliphatic heterocycles. The third-order valence-corrected chi connectivity index (χ3v) is 6.95. The van der Waals surface area contributed by atoms with Crippen molar-refractivity contribution in [2.24, 2.45) is 0 Å². The molecule has 0 saturated heterocycles. The highest BCUT2D eigenvalue weighted by atomic mass is 19.4. The van der Waals surface area contributed by atoms with E-state index in [2.05, 4.69) is 0 Å². The van der Waals surface area contributed by atoms with Gasteiger partial charge in [0.2, 0.25) is 0 Å². The number of benzene rings is 5. The normalized spacial score (nSPS) is 11.8. The molecule has 0 spiro atoms. The summed E-state index contributed by atoms with van der Waals surface area (Å²) in [5.41, 5.74) is -4.69. The van der Waals surface area contributed by atoms with E-state index < -0.39 is 45.7 Å². The fourth-order valence-electron chi connectivity index (χ4n) is 5.20. The third-order valence-electron chi connectivity index (χ3n) is 6.95. The van der Waals surface area contributed by atoms with Crippen molar-refractivity contribution in [3.63, 3.8) is 0 Å². The van der Waals surface area contributed by atoms with Gasteiger partial charge in [-0.15, -0.1) is 0 Å². The van der Waals surface area contributed by atoms with E-state index in [4.69, 9.17) is 9.47 Å². The van der Waals surface area contributed by atoms with Crippen LogP contribution in [0.2, 0.25) is 0 Å². The standard InChI is InChI=1S/C34H24F6O2/c1-41-25-17-13-23(14-18-25)29-30(24-15-19-26(42-2)20-16-24)32(34(38,39)40)28(22-11-7-4-8-12-22)27(31(29)33(35,36)37)21-9-5-3-6-10-21/h3-20H,1-2H3. The van der Waals surface area contributed by atoms with E-state index >= 15 is 26.3 Å². The smallest absolute Gasteiger partial charge is 0.417 e. The van der Waals surface area contributed by atoms with Gasteiger partial charge in [0.05, 0.1) is 25.3 Å². The molecule has 0 aromatic heterocycles. The lowest BCUT2D eigenvalue weighted by molar-refractivity contribution is -0.139. The molecule has 0 N–H and O–H groups in total. The van der Waals surface area contributed by atoms with Crippen LogP contribution >= 0.6 is 0 Å². The van der Waals surface area contributed by atoms with Gasteiger partial charge < -0.3 is 9.47 Å². The molecule has 0 aliphatic carbocycles. The summed E-state index contributed by atoms with van der Waals surface area (Å²) in [5.74, 6) is 0.692. The summed E-state index contributed by atoms with van der Waals surface area (Å²) in [7, 11) is 2.78. The summed E-state index contributed by atoms with van der Waals surface area (Å²) in [4.78, 5) is 0. The lowest BCUT2D eigenvalue weighted by Gasteiger charge is -2.29. The van der Waals surface area contributed by atoms with Crippen LogP contribution in [0.5, 0.6) is 11.5 Å². The number of halogens is 6. The zero-order valence-corrected chi connectivity index (χ0v) is 22.5. The van der Waals surface area contributed by atoms with Crippen molar-refractivity contribution in [1.82, 2.24) is 0 Å². The second kappa shape index (κ2) is 11.3. The summed E-state index contributed by atoms with van der Waals surface area (Å²) in [6.45, 7) is 0. The Morgan fingerprint density at radius 1 is 0.381 bits per heavy atom. The van der Waals surface area contributed by atoms with Crippen LogP contribution in [0.15, 0.2) is 109 Å². The van der Waals surface area contributed by atoms with Gasteiger partial charge in [0.15, 0.2) is 0 Å². The maximum Gasteiger partial charge on any atom is 0.417 e. The maximum atomic E-state index is 15.4. The first-order valence-electron chi connectivity index (χ1n) is 12.8. The predicted molar refractivity (Wildman–Crippen MR) is 151 cm³/mol. The lowest BCUT2D eigenvalue weighted by Crippen LogP contribution is -2.18. The summed E-state index contributed by atoms with van der Waals surface area (Å²) in [6, 6.07) is 25.8. The van der Waals surface area contributed by atoms with Gasteiger partial charge in [-0.3, -0.25) is 0 Å². The third kappa shape index (κ3) is 5.44. The molecule has 0 heterocycles. The Hall–Kier alpha value is -4.72. The summed E-state index contributed by atoms with van der Waals surface area (Å²) in [6.07, 6.45) is -10.1. The first-order chi connectivity index (χ1) is 20.0. The second-order valence-electron chi connectivity index (χ2n) is 9.43. The number of methoxy groups -OCH3 is 2. The quantitative estimate of drug-likeness (QED) is 0.187. The minimum absolute atomic E-state index is 0.00483. The molecule has 0 aliphatic rings. The monoisotopic (exact) mass is 578 g/mol. The Morgan fingerprint density at radius 2 is 0.643 bits per heavy atom. The largest absolute Gasteiger partial charge is 0.497 e. The molecule has 2 nitrogen and oxygen atoms in total. The number of hydrogen-bond acceptors (Lipinski definition) is 2. The van der Waals surface area contributed by atoms with E-state index in [1.165, 1.54) is 111 Å². The molecule has 0 fully saturated rings. The van der Waals surface area contributed by atoms with Crippen molar-refractivity contribution < 1.29 is 35.8 Å². The summed E-state index contributed by atoms with van der Waals surface area (Å²) < 4.78 is 103. The van der Waals surface area contributed by atoms with Crippen LogP contribution in [0.3, 0.4) is 0 Å². The van der Waals surface area contributed by atoms with Crippen LogP contribution in [-0.2, 0) is 12.4 Å². The summed E-state index contributed by atoms with van der Waals surface area (Å²) in [5, 5.41) is 0. The SMILES string of the molecule is COc1ccc(-c2c(-c3ccc(OC)cc3)c(C(F)(F)F)c(-c3ccccc3)c(-c3ccccc3)c2C(F)(F)F)cc1. The first kappa shape index (κ1) is 28.8. The molecule has 42 heavy (non-hydrogen) atoms. The van der Waals surface area contributed by atoms with Crippen molar-refractivity contribution in [3.05, 3.63) is 120 Å². The van der Waals surface area contributed by atoms with Gasteiger partial charge in [-0.25, -0.2) is 0 Å². The van der Waals surface area contributed by atoms with Gasteiger partial charge in [-0.1, -0.05) is 84.9 Å². The minimum atomic E-state index is -5.05. The highest BCUT2D eigenvalue weighted by Gasteiger charge is 2.46. The predicted octanol–water partition coefficient (Wildman–Crippen LogP) is 10.4. The van der Waals surface area contributed by atoms with E-state index in [0.717, 1.165) is 0 Å². The van der Waals surface area contributed by atoms with Gasteiger partial charge in [0.1, 0.15) is 11.5 Å². The van der Waals surface area contributed by atoms with E-state index in [1.54, 1.807) is 12.1 Å². The molecule has 0 saturated carbocycles. The van der Waals surface area contributed by atoms with Crippen LogP contribution in [0.25, 0.3) is 44.5 Å². The fourth-order valence-corrected chi connectivity index (χ4v) is 5.20. The van der Waals surface area contributed by atoms with Gasteiger partial charge in [-0.05, 0) is 46.5 Å². The zero-order chi connectivity index (χ0) is 30.1. The molecular formula is C34H24F6O2. The average Bonchev–Trinajstić information content (AvgIpc) is 2.99. The Balaban J connectivity index is 2.12. The van der Waals surface area contributed by atoms with Crippen molar-refractivity contribution in [2.75, 3.05) is 14.2 Å². The van der Waals surface area contributed by atoms with Crippen LogP contribution in [0, 0.1) is 0 Å². The van der Waals surface area contributed by atoms with Crippen LogP contribution in [0.1, 0.15) is 11.1 Å². The lowest BCUT2D eigenvalue weighted by atomic mass is 9.77. The summed E-state index contributed by atoms with van der Waals surface area (Å²) >= 11 is 0. The minimum Gasteiger partial charge on any atom is -0.497 e. The topological polar surface area (TPSA) is 18.5 Å². The van der Waals surface area contributed by atoms with Crippen molar-refractivity contribution in [1.29, 1.82) is 0 Å². The molecule has 8 heteroatoms. The Kier molecular flexibility index (Phi) is 7.73. The van der Waals surface area contributed by atoms with Crippen LogP contribution in [-0.4, -0.2) is 14.2 Å². The number of rotatable bonds is 6. The van der Waals surface area contributed by atoms with E-state index in [0.29, 0.717) is 11.5 Å². The van der Waals surface area contributed by atoms with Crippen molar-refractivity contribution >= 4 is 0 Å². The number of hydrogen-bond donors (Lipinski definition) is 0. The number of alkyl halides is 6.